The minimum Gasteiger partial charge on any atom is -0.493 e. The van der Waals surface area contributed by atoms with Crippen LogP contribution < -0.4 is 20.8 Å². The van der Waals surface area contributed by atoms with Gasteiger partial charge in [-0.3, -0.25) is 4.79 Å². The molecule has 0 aliphatic rings. The number of hydrogen-bond donors (Lipinski definition) is 4. The van der Waals surface area contributed by atoms with Crippen molar-refractivity contribution in [1.29, 1.82) is 0 Å². The lowest BCUT2D eigenvalue weighted by Crippen LogP contribution is -2.24. The van der Waals surface area contributed by atoms with Crippen LogP contribution in [-0.4, -0.2) is 41.4 Å². The summed E-state index contributed by atoms with van der Waals surface area (Å²) in [6.45, 7) is 0. The summed E-state index contributed by atoms with van der Waals surface area (Å²) < 4.78 is 10.5. The first-order valence-electron chi connectivity index (χ1n) is 8.80. The van der Waals surface area contributed by atoms with Crippen molar-refractivity contribution in [3.8, 4) is 22.6 Å². The van der Waals surface area contributed by atoms with Gasteiger partial charge < -0.3 is 30.4 Å². The molecule has 0 aliphatic heterocycles. The van der Waals surface area contributed by atoms with E-state index in [2.05, 4.69) is 4.98 Å². The molecule has 5 N–H and O–H groups in total. The molecule has 0 fully saturated rings. The number of aromatic nitrogens is 1. The average Bonchev–Trinajstić information content (AvgIpc) is 2.72. The molecule has 0 spiro atoms. The molecular weight excluding hydrogens is 424 g/mol. The Morgan fingerprint density at radius 2 is 1.61 bits per heavy atom. The van der Waals surface area contributed by atoms with Gasteiger partial charge in [0, 0.05) is 15.4 Å². The van der Waals surface area contributed by atoms with E-state index in [1.165, 1.54) is 32.0 Å². The number of nitrogens with two attached hydrogens (primary N) is 1. The molecule has 1 aromatic heterocycles. The Morgan fingerprint density at radius 1 is 0.968 bits per heavy atom. The zero-order valence-electron chi connectivity index (χ0n) is 16.5. The predicted molar refractivity (Wildman–Crippen MR) is 114 cm³/mol. The zero-order valence-corrected chi connectivity index (χ0v) is 17.3. The highest BCUT2D eigenvalue weighted by atomic mass is 32.2. The van der Waals surface area contributed by atoms with E-state index in [1.807, 2.05) is 0 Å². The highest BCUT2D eigenvalue weighted by Crippen LogP contribution is 2.41. The highest BCUT2D eigenvalue weighted by molar-refractivity contribution is 7.99. The van der Waals surface area contributed by atoms with Crippen LogP contribution in [0.1, 0.15) is 20.7 Å². The summed E-state index contributed by atoms with van der Waals surface area (Å²) in [7, 11) is 3.01. The molecule has 3 aromatic rings. The molecule has 0 unspecified atom stereocenters. The van der Waals surface area contributed by atoms with Crippen molar-refractivity contribution >= 4 is 29.5 Å². The van der Waals surface area contributed by atoms with E-state index in [1.54, 1.807) is 36.4 Å². The van der Waals surface area contributed by atoms with Crippen LogP contribution >= 0.6 is 11.8 Å². The molecule has 0 atom stereocenters. The van der Waals surface area contributed by atoms with Crippen LogP contribution in [0.3, 0.4) is 0 Å². The van der Waals surface area contributed by atoms with Gasteiger partial charge in [-0.05, 0) is 29.8 Å². The van der Waals surface area contributed by atoms with Crippen LogP contribution in [0.15, 0.2) is 57.1 Å². The van der Waals surface area contributed by atoms with E-state index in [0.29, 0.717) is 16.4 Å². The van der Waals surface area contributed by atoms with Gasteiger partial charge in [0.1, 0.15) is 16.9 Å². The number of carboxylic acids is 2. The molecule has 0 amide bonds. The number of ether oxygens (including phenoxy) is 2. The van der Waals surface area contributed by atoms with Crippen molar-refractivity contribution in [2.75, 3.05) is 20.0 Å². The van der Waals surface area contributed by atoms with Crippen LogP contribution in [-0.2, 0) is 0 Å². The SMILES string of the molecule is COc1ccc(Sc2ccccc2-c2c(C(=O)O)c(N)[nH]c(=O)c2C(=O)O)cc1OC. The Kier molecular flexibility index (Phi) is 6.21. The summed E-state index contributed by atoms with van der Waals surface area (Å²) in [6, 6.07) is 11.8. The third-order valence-corrected chi connectivity index (χ3v) is 5.48. The Bertz CT molecular complexity index is 1240. The molecule has 0 bridgehead atoms. The Labute approximate surface area is 180 Å². The molecule has 2 aromatic carbocycles. The topological polar surface area (TPSA) is 152 Å². The maximum Gasteiger partial charge on any atom is 0.342 e. The molecule has 0 saturated carbocycles. The summed E-state index contributed by atoms with van der Waals surface area (Å²) in [5.41, 5.74) is 3.54. The lowest BCUT2D eigenvalue weighted by molar-refractivity contribution is 0.0695. The fourth-order valence-electron chi connectivity index (χ4n) is 3.09. The van der Waals surface area contributed by atoms with Gasteiger partial charge in [-0.1, -0.05) is 30.0 Å². The lowest BCUT2D eigenvalue weighted by atomic mass is 9.95. The van der Waals surface area contributed by atoms with E-state index >= 15 is 0 Å². The Morgan fingerprint density at radius 3 is 2.23 bits per heavy atom. The van der Waals surface area contributed by atoms with Gasteiger partial charge in [0.15, 0.2) is 11.5 Å². The third-order valence-electron chi connectivity index (χ3n) is 4.41. The van der Waals surface area contributed by atoms with Crippen LogP contribution in [0.2, 0.25) is 0 Å². The van der Waals surface area contributed by atoms with Gasteiger partial charge in [0.2, 0.25) is 0 Å². The van der Waals surface area contributed by atoms with Crippen molar-refractivity contribution < 1.29 is 29.3 Å². The van der Waals surface area contributed by atoms with E-state index in [9.17, 15) is 24.6 Å². The minimum absolute atomic E-state index is 0.245. The van der Waals surface area contributed by atoms with Gasteiger partial charge in [0.25, 0.3) is 5.56 Å². The number of anilines is 1. The molecule has 160 valence electrons. The van der Waals surface area contributed by atoms with Crippen LogP contribution in [0.25, 0.3) is 11.1 Å². The van der Waals surface area contributed by atoms with Gasteiger partial charge in [-0.15, -0.1) is 0 Å². The maximum atomic E-state index is 12.3. The second-order valence-corrected chi connectivity index (χ2v) is 7.33. The molecule has 0 saturated heterocycles. The van der Waals surface area contributed by atoms with Crippen molar-refractivity contribution in [2.24, 2.45) is 0 Å². The molecule has 3 rings (SSSR count). The Balaban J connectivity index is 2.25. The standard InChI is InChI=1S/C21H18N2O7S/c1-29-12-8-7-10(9-13(12)30-2)31-14-6-4-3-5-11(14)15-16(20(25)26)18(22)23-19(24)17(15)21(27)28/h3-9H,1-2H3,(H,25,26)(H,27,28)(H3,22,23,24). The van der Waals surface area contributed by atoms with Crippen LogP contribution in [0.5, 0.6) is 11.5 Å². The van der Waals surface area contributed by atoms with Crippen molar-refractivity contribution in [2.45, 2.75) is 9.79 Å². The Hall–Kier alpha value is -3.92. The van der Waals surface area contributed by atoms with E-state index in [-0.39, 0.29) is 11.1 Å². The van der Waals surface area contributed by atoms with Gasteiger partial charge >= 0.3 is 11.9 Å². The lowest BCUT2D eigenvalue weighted by Gasteiger charge is -2.16. The normalized spacial score (nSPS) is 10.5. The second kappa shape index (κ2) is 8.84. The monoisotopic (exact) mass is 442 g/mol. The first kappa shape index (κ1) is 21.8. The number of pyridine rings is 1. The number of rotatable bonds is 7. The number of nitrogens with one attached hydrogen (secondary N) is 1. The third kappa shape index (κ3) is 4.19. The number of hydrogen-bond acceptors (Lipinski definition) is 7. The fraction of sp³-hybridized carbons (Fsp3) is 0.0952. The van der Waals surface area contributed by atoms with Crippen molar-refractivity contribution in [3.63, 3.8) is 0 Å². The van der Waals surface area contributed by atoms with Crippen LogP contribution in [0.4, 0.5) is 5.82 Å². The van der Waals surface area contributed by atoms with Gasteiger partial charge in [0.05, 0.1) is 14.2 Å². The first-order chi connectivity index (χ1) is 14.8. The van der Waals surface area contributed by atoms with E-state index in [0.717, 1.165) is 4.90 Å². The van der Waals surface area contributed by atoms with E-state index < -0.39 is 34.4 Å². The number of carbonyl (C=O) groups is 2. The van der Waals surface area contributed by atoms with Crippen molar-refractivity contribution in [1.82, 2.24) is 4.98 Å². The number of methoxy groups -OCH3 is 2. The number of aromatic carboxylic acids is 2. The number of H-pyrrole nitrogens is 1. The van der Waals surface area contributed by atoms with Crippen LogP contribution in [0, 0.1) is 0 Å². The number of carboxylic acid groups (broad SMARTS) is 2. The summed E-state index contributed by atoms with van der Waals surface area (Å²) in [6.07, 6.45) is 0. The predicted octanol–water partition coefficient (Wildman–Crippen LogP) is 3.19. The first-order valence-corrected chi connectivity index (χ1v) is 9.61. The van der Waals surface area contributed by atoms with Gasteiger partial charge in [-0.2, -0.15) is 0 Å². The summed E-state index contributed by atoms with van der Waals surface area (Å²) in [5, 5.41) is 19.3. The van der Waals surface area contributed by atoms with Crippen molar-refractivity contribution in [3.05, 3.63) is 63.9 Å². The zero-order chi connectivity index (χ0) is 22.7. The number of nitrogen functional groups attached to an aromatic ring is 1. The number of benzene rings is 2. The molecule has 0 aliphatic carbocycles. The van der Waals surface area contributed by atoms with E-state index in [4.69, 9.17) is 15.2 Å². The highest BCUT2D eigenvalue weighted by Gasteiger charge is 2.28. The summed E-state index contributed by atoms with van der Waals surface area (Å²) >= 11 is 1.24. The second-order valence-electron chi connectivity index (χ2n) is 6.22. The summed E-state index contributed by atoms with van der Waals surface area (Å²) in [4.78, 5) is 39.4. The minimum atomic E-state index is -1.57. The smallest absolute Gasteiger partial charge is 0.342 e. The molecule has 0 radical (unpaired) electrons. The molecular formula is C21H18N2O7S. The fourth-order valence-corrected chi connectivity index (χ4v) is 4.07. The molecule has 1 heterocycles. The molecule has 9 nitrogen and oxygen atoms in total. The quantitative estimate of drug-likeness (QED) is 0.432. The number of aromatic amines is 1. The average molecular weight is 442 g/mol. The maximum absolute atomic E-state index is 12.3. The largest absolute Gasteiger partial charge is 0.493 e. The molecule has 10 heteroatoms. The van der Waals surface area contributed by atoms with Gasteiger partial charge in [-0.25, -0.2) is 9.59 Å². The molecule has 31 heavy (non-hydrogen) atoms. The summed E-state index contributed by atoms with van der Waals surface area (Å²) in [5.74, 6) is -2.43.